The monoisotopic (exact) mass is 291 g/mol. The van der Waals surface area contributed by atoms with Gasteiger partial charge in [-0.25, -0.2) is 0 Å². The summed E-state index contributed by atoms with van der Waals surface area (Å²) in [4.78, 5) is 25.2. The first-order chi connectivity index (χ1) is 10.1. The SMILES string of the molecule is COc1ccccc1NC(=O)CN1CCC(C(N)=O)CC1. The normalized spacial score (nSPS) is 16.4. The molecule has 1 fully saturated rings. The molecule has 6 nitrogen and oxygen atoms in total. The van der Waals surface area contributed by atoms with Crippen molar-refractivity contribution in [3.8, 4) is 5.75 Å². The molecule has 0 saturated carbocycles. The molecule has 21 heavy (non-hydrogen) atoms. The van der Waals surface area contributed by atoms with Gasteiger partial charge in [0.1, 0.15) is 5.75 Å². The summed E-state index contributed by atoms with van der Waals surface area (Å²) >= 11 is 0. The van der Waals surface area contributed by atoms with Crippen molar-refractivity contribution in [1.82, 2.24) is 4.90 Å². The molecule has 0 spiro atoms. The number of hydrogen-bond donors (Lipinski definition) is 2. The van der Waals surface area contributed by atoms with Crippen LogP contribution in [0.4, 0.5) is 5.69 Å². The second-order valence-electron chi connectivity index (χ2n) is 5.20. The number of carbonyl (C=O) groups excluding carboxylic acids is 2. The fourth-order valence-electron chi connectivity index (χ4n) is 2.52. The van der Waals surface area contributed by atoms with Gasteiger partial charge in [-0.15, -0.1) is 0 Å². The quantitative estimate of drug-likeness (QED) is 0.841. The smallest absolute Gasteiger partial charge is 0.238 e. The highest BCUT2D eigenvalue weighted by atomic mass is 16.5. The molecule has 0 aliphatic carbocycles. The van der Waals surface area contributed by atoms with Crippen LogP contribution in [-0.4, -0.2) is 43.5 Å². The average Bonchev–Trinajstić information content (AvgIpc) is 2.48. The van der Waals surface area contributed by atoms with E-state index in [0.29, 0.717) is 31.1 Å². The van der Waals surface area contributed by atoms with Gasteiger partial charge in [0.25, 0.3) is 0 Å². The number of anilines is 1. The van der Waals surface area contributed by atoms with E-state index >= 15 is 0 Å². The molecule has 1 heterocycles. The van der Waals surface area contributed by atoms with Gasteiger partial charge >= 0.3 is 0 Å². The Kier molecular flexibility index (Phi) is 5.16. The number of nitrogens with two attached hydrogens (primary N) is 1. The van der Waals surface area contributed by atoms with E-state index in [1.54, 1.807) is 19.2 Å². The summed E-state index contributed by atoms with van der Waals surface area (Å²) in [6, 6.07) is 7.30. The molecule has 2 amide bonds. The van der Waals surface area contributed by atoms with Crippen molar-refractivity contribution in [2.75, 3.05) is 32.1 Å². The molecule has 1 aromatic carbocycles. The van der Waals surface area contributed by atoms with Crippen LogP contribution in [0, 0.1) is 5.92 Å². The fraction of sp³-hybridized carbons (Fsp3) is 0.467. The number of likely N-dealkylation sites (tertiary alicyclic amines) is 1. The minimum absolute atomic E-state index is 0.0569. The lowest BCUT2D eigenvalue weighted by Gasteiger charge is -2.29. The van der Waals surface area contributed by atoms with Gasteiger partial charge < -0.3 is 15.8 Å². The van der Waals surface area contributed by atoms with E-state index in [2.05, 4.69) is 5.32 Å². The Morgan fingerprint density at radius 2 is 2.00 bits per heavy atom. The molecule has 1 aliphatic rings. The molecule has 114 valence electrons. The number of rotatable bonds is 5. The van der Waals surface area contributed by atoms with Crippen LogP contribution in [-0.2, 0) is 9.59 Å². The van der Waals surface area contributed by atoms with Crippen LogP contribution in [0.2, 0.25) is 0 Å². The molecular weight excluding hydrogens is 270 g/mol. The van der Waals surface area contributed by atoms with Gasteiger partial charge in [-0.3, -0.25) is 14.5 Å². The summed E-state index contributed by atoms with van der Waals surface area (Å²) in [6.07, 6.45) is 1.44. The van der Waals surface area contributed by atoms with Crippen molar-refractivity contribution >= 4 is 17.5 Å². The Morgan fingerprint density at radius 3 is 2.62 bits per heavy atom. The summed E-state index contributed by atoms with van der Waals surface area (Å²) in [5, 5.41) is 2.85. The molecule has 0 bridgehead atoms. The summed E-state index contributed by atoms with van der Waals surface area (Å²) in [7, 11) is 1.57. The molecule has 6 heteroatoms. The minimum Gasteiger partial charge on any atom is -0.495 e. The number of methoxy groups -OCH3 is 1. The molecule has 1 saturated heterocycles. The molecular formula is C15H21N3O3. The minimum atomic E-state index is -0.242. The number of nitrogens with zero attached hydrogens (tertiary/aromatic N) is 1. The Balaban J connectivity index is 1.84. The number of carbonyl (C=O) groups is 2. The Morgan fingerprint density at radius 1 is 1.33 bits per heavy atom. The van der Waals surface area contributed by atoms with Gasteiger partial charge in [0.2, 0.25) is 11.8 Å². The maximum Gasteiger partial charge on any atom is 0.238 e. The topological polar surface area (TPSA) is 84.7 Å². The average molecular weight is 291 g/mol. The van der Waals surface area contributed by atoms with Crippen LogP contribution in [0.1, 0.15) is 12.8 Å². The van der Waals surface area contributed by atoms with Gasteiger partial charge in [-0.05, 0) is 38.1 Å². The zero-order valence-electron chi connectivity index (χ0n) is 12.2. The lowest BCUT2D eigenvalue weighted by Crippen LogP contribution is -2.42. The van der Waals surface area contributed by atoms with Crippen molar-refractivity contribution in [3.63, 3.8) is 0 Å². The summed E-state index contributed by atoms with van der Waals surface area (Å²) in [5.74, 6) is 0.252. The van der Waals surface area contributed by atoms with Crippen molar-refractivity contribution in [2.45, 2.75) is 12.8 Å². The fourth-order valence-corrected chi connectivity index (χ4v) is 2.52. The van der Waals surface area contributed by atoms with Gasteiger partial charge in [-0.2, -0.15) is 0 Å². The third-order valence-corrected chi connectivity index (χ3v) is 3.74. The van der Waals surface area contributed by atoms with Gasteiger partial charge in [0.15, 0.2) is 0 Å². The van der Waals surface area contributed by atoms with E-state index in [0.717, 1.165) is 12.8 Å². The molecule has 2 rings (SSSR count). The van der Waals surface area contributed by atoms with Crippen LogP contribution >= 0.6 is 0 Å². The van der Waals surface area contributed by atoms with Gasteiger partial charge in [-0.1, -0.05) is 12.1 Å². The number of piperidine rings is 1. The summed E-state index contributed by atoms with van der Waals surface area (Å²) in [5.41, 5.74) is 5.96. The number of primary amides is 1. The van der Waals surface area contributed by atoms with Crippen molar-refractivity contribution < 1.29 is 14.3 Å². The lowest BCUT2D eigenvalue weighted by atomic mass is 9.96. The highest BCUT2D eigenvalue weighted by Crippen LogP contribution is 2.23. The highest BCUT2D eigenvalue weighted by Gasteiger charge is 2.24. The van der Waals surface area contributed by atoms with Crippen LogP contribution in [0.25, 0.3) is 0 Å². The van der Waals surface area contributed by atoms with Crippen LogP contribution in [0.5, 0.6) is 5.75 Å². The van der Waals surface area contributed by atoms with Crippen LogP contribution < -0.4 is 15.8 Å². The van der Waals surface area contributed by atoms with E-state index in [1.165, 1.54) is 0 Å². The standard InChI is InChI=1S/C15H21N3O3/c1-21-13-5-3-2-4-12(13)17-14(19)10-18-8-6-11(7-9-18)15(16)20/h2-5,11H,6-10H2,1H3,(H2,16,20)(H,17,19). The second-order valence-corrected chi connectivity index (χ2v) is 5.20. The van der Waals surface area contributed by atoms with E-state index in [4.69, 9.17) is 10.5 Å². The highest BCUT2D eigenvalue weighted by molar-refractivity contribution is 5.93. The van der Waals surface area contributed by atoms with E-state index in [1.807, 2.05) is 17.0 Å². The number of benzene rings is 1. The second kappa shape index (κ2) is 7.08. The lowest BCUT2D eigenvalue weighted by molar-refractivity contribution is -0.123. The summed E-state index contributed by atoms with van der Waals surface area (Å²) in [6.45, 7) is 1.74. The predicted molar refractivity (Wildman–Crippen MR) is 80.0 cm³/mol. The molecule has 0 aromatic heterocycles. The Bertz CT molecular complexity index is 511. The zero-order valence-corrected chi connectivity index (χ0v) is 12.2. The van der Waals surface area contributed by atoms with E-state index in [9.17, 15) is 9.59 Å². The van der Waals surface area contributed by atoms with Crippen LogP contribution in [0.15, 0.2) is 24.3 Å². The first kappa shape index (κ1) is 15.3. The third-order valence-electron chi connectivity index (χ3n) is 3.74. The van der Waals surface area contributed by atoms with Crippen molar-refractivity contribution in [1.29, 1.82) is 0 Å². The Labute approximate surface area is 124 Å². The van der Waals surface area contributed by atoms with E-state index in [-0.39, 0.29) is 17.7 Å². The first-order valence-corrected chi connectivity index (χ1v) is 7.04. The van der Waals surface area contributed by atoms with Crippen molar-refractivity contribution in [2.24, 2.45) is 11.7 Å². The molecule has 1 aromatic rings. The molecule has 0 unspecified atom stereocenters. The third kappa shape index (κ3) is 4.19. The van der Waals surface area contributed by atoms with Gasteiger partial charge in [0.05, 0.1) is 19.3 Å². The van der Waals surface area contributed by atoms with Gasteiger partial charge in [0, 0.05) is 5.92 Å². The van der Waals surface area contributed by atoms with Crippen molar-refractivity contribution in [3.05, 3.63) is 24.3 Å². The largest absolute Gasteiger partial charge is 0.495 e. The molecule has 3 N–H and O–H groups in total. The molecule has 0 atom stereocenters. The maximum absolute atomic E-state index is 12.1. The zero-order chi connectivity index (χ0) is 15.2. The number of nitrogens with one attached hydrogen (secondary N) is 1. The summed E-state index contributed by atoms with van der Waals surface area (Å²) < 4.78 is 5.20. The number of ether oxygens (including phenoxy) is 1. The first-order valence-electron chi connectivity index (χ1n) is 7.04. The number of amides is 2. The number of para-hydroxylation sites is 2. The maximum atomic E-state index is 12.1. The Hall–Kier alpha value is -2.08. The van der Waals surface area contributed by atoms with Crippen LogP contribution in [0.3, 0.4) is 0 Å². The predicted octanol–water partition coefficient (Wildman–Crippen LogP) is 0.831. The van der Waals surface area contributed by atoms with E-state index < -0.39 is 0 Å². The molecule has 1 aliphatic heterocycles. The molecule has 0 radical (unpaired) electrons. The number of hydrogen-bond acceptors (Lipinski definition) is 4.